The first-order valence-corrected chi connectivity index (χ1v) is 9.24. The molecule has 2 heterocycles. The van der Waals surface area contributed by atoms with Crippen molar-refractivity contribution in [3.8, 4) is 0 Å². The molecule has 1 fully saturated rings. The number of H-pyrrole nitrogens is 1. The molecule has 0 atom stereocenters. The number of fused-ring (bicyclic) bond motifs is 2. The van der Waals surface area contributed by atoms with Gasteiger partial charge in [-0.3, -0.25) is 9.69 Å². The van der Waals surface area contributed by atoms with Crippen molar-refractivity contribution in [3.63, 3.8) is 0 Å². The van der Waals surface area contributed by atoms with Gasteiger partial charge in [-0.1, -0.05) is 0 Å². The van der Waals surface area contributed by atoms with Crippen molar-refractivity contribution < 1.29 is 4.74 Å². The Morgan fingerprint density at radius 3 is 2.67 bits per heavy atom. The summed E-state index contributed by atoms with van der Waals surface area (Å²) in [6.07, 6.45) is 6.06. The van der Waals surface area contributed by atoms with Gasteiger partial charge in [-0.05, 0) is 73.7 Å². The maximum absolute atomic E-state index is 12.5. The normalized spacial score (nSPS) is 19.0. The Morgan fingerprint density at radius 2 is 1.92 bits per heavy atom. The maximum atomic E-state index is 12.5. The lowest BCUT2D eigenvalue weighted by Gasteiger charge is -2.31. The van der Waals surface area contributed by atoms with Crippen molar-refractivity contribution in [2.75, 3.05) is 19.7 Å². The number of piperidine rings is 1. The highest BCUT2D eigenvalue weighted by molar-refractivity contribution is 5.81. The van der Waals surface area contributed by atoms with E-state index in [2.05, 4.69) is 35.0 Å². The van der Waals surface area contributed by atoms with E-state index in [4.69, 9.17) is 4.74 Å². The Bertz CT molecular complexity index is 788. The zero-order valence-corrected chi connectivity index (χ0v) is 14.4. The second-order valence-electron chi connectivity index (χ2n) is 7.12. The lowest BCUT2D eigenvalue weighted by Crippen LogP contribution is -2.37. The molecule has 4 nitrogen and oxygen atoms in total. The smallest absolute Gasteiger partial charge is 0.252 e. The summed E-state index contributed by atoms with van der Waals surface area (Å²) < 4.78 is 5.71. The van der Waals surface area contributed by atoms with Crippen LogP contribution in [0.4, 0.5) is 0 Å². The summed E-state index contributed by atoms with van der Waals surface area (Å²) in [5.41, 5.74) is 4.80. The number of aryl methyl sites for hydroxylation is 2. The highest BCUT2D eigenvalue weighted by Gasteiger charge is 2.20. The third-order valence-electron chi connectivity index (χ3n) is 5.46. The number of hydrogen-bond acceptors (Lipinski definition) is 3. The SMILES string of the molecule is CCOC1CCN(Cc2cc3cc4c(cc3[nH]c2=O)CCC4)CC1. The first-order chi connectivity index (χ1) is 11.7. The Kier molecular flexibility index (Phi) is 4.42. The van der Waals surface area contributed by atoms with Crippen molar-refractivity contribution in [2.24, 2.45) is 0 Å². The molecule has 0 spiro atoms. The molecule has 1 aromatic carbocycles. The van der Waals surface area contributed by atoms with Crippen LogP contribution in [0.3, 0.4) is 0 Å². The van der Waals surface area contributed by atoms with E-state index in [0.29, 0.717) is 6.10 Å². The minimum absolute atomic E-state index is 0.0624. The number of rotatable bonds is 4. The van der Waals surface area contributed by atoms with Crippen LogP contribution in [0.1, 0.15) is 42.9 Å². The minimum atomic E-state index is 0.0624. The van der Waals surface area contributed by atoms with E-state index in [1.54, 1.807) is 0 Å². The molecule has 0 bridgehead atoms. The second-order valence-corrected chi connectivity index (χ2v) is 7.12. The number of nitrogens with zero attached hydrogens (tertiary/aromatic N) is 1. The fraction of sp³-hybridized carbons (Fsp3) is 0.550. The molecular formula is C20H26N2O2. The van der Waals surface area contributed by atoms with E-state index < -0.39 is 0 Å². The average molecular weight is 326 g/mol. The van der Waals surface area contributed by atoms with Crippen LogP contribution in [-0.4, -0.2) is 35.7 Å². The molecule has 24 heavy (non-hydrogen) atoms. The molecule has 4 rings (SSSR count). The van der Waals surface area contributed by atoms with Gasteiger partial charge in [-0.25, -0.2) is 0 Å². The number of benzene rings is 1. The lowest BCUT2D eigenvalue weighted by atomic mass is 10.0. The molecule has 0 saturated carbocycles. The summed E-state index contributed by atoms with van der Waals surface area (Å²) in [5.74, 6) is 0. The van der Waals surface area contributed by atoms with Crippen molar-refractivity contribution in [1.82, 2.24) is 9.88 Å². The number of nitrogens with one attached hydrogen (secondary N) is 1. The molecule has 1 aliphatic heterocycles. The van der Waals surface area contributed by atoms with Crippen LogP contribution in [0.5, 0.6) is 0 Å². The number of pyridine rings is 1. The van der Waals surface area contributed by atoms with Crippen LogP contribution < -0.4 is 5.56 Å². The first-order valence-electron chi connectivity index (χ1n) is 9.24. The predicted molar refractivity (Wildman–Crippen MR) is 96.5 cm³/mol. The number of hydrogen-bond donors (Lipinski definition) is 1. The number of aromatic nitrogens is 1. The van der Waals surface area contributed by atoms with E-state index in [1.165, 1.54) is 29.4 Å². The monoisotopic (exact) mass is 326 g/mol. The molecule has 2 aromatic rings. The van der Waals surface area contributed by atoms with E-state index in [-0.39, 0.29) is 5.56 Å². The van der Waals surface area contributed by atoms with Crippen molar-refractivity contribution in [3.05, 3.63) is 45.2 Å². The zero-order valence-electron chi connectivity index (χ0n) is 14.4. The second kappa shape index (κ2) is 6.69. The molecule has 1 aliphatic carbocycles. The van der Waals surface area contributed by atoms with Crippen LogP contribution in [0.2, 0.25) is 0 Å². The molecule has 0 amide bonds. The maximum Gasteiger partial charge on any atom is 0.252 e. The van der Waals surface area contributed by atoms with Gasteiger partial charge >= 0.3 is 0 Å². The van der Waals surface area contributed by atoms with Gasteiger partial charge in [0.1, 0.15) is 0 Å². The summed E-state index contributed by atoms with van der Waals surface area (Å²) in [5, 5.41) is 1.18. The third kappa shape index (κ3) is 3.13. The fourth-order valence-electron chi connectivity index (χ4n) is 4.15. The Hall–Kier alpha value is -1.65. The largest absolute Gasteiger partial charge is 0.378 e. The summed E-state index contributed by atoms with van der Waals surface area (Å²) in [7, 11) is 0. The predicted octanol–water partition coefficient (Wildman–Crippen LogP) is 3.02. The van der Waals surface area contributed by atoms with Crippen LogP contribution in [0.25, 0.3) is 10.9 Å². The Labute approximate surface area is 142 Å². The number of likely N-dealkylation sites (tertiary alicyclic amines) is 1. The van der Waals surface area contributed by atoms with Gasteiger partial charge in [-0.15, -0.1) is 0 Å². The molecular weight excluding hydrogens is 300 g/mol. The van der Waals surface area contributed by atoms with Crippen LogP contribution in [-0.2, 0) is 24.1 Å². The summed E-state index contributed by atoms with van der Waals surface area (Å²) in [6.45, 7) is 5.59. The van der Waals surface area contributed by atoms with Gasteiger partial charge in [0.2, 0.25) is 0 Å². The fourth-order valence-corrected chi connectivity index (χ4v) is 4.15. The van der Waals surface area contributed by atoms with E-state index >= 15 is 0 Å². The highest BCUT2D eigenvalue weighted by atomic mass is 16.5. The third-order valence-corrected chi connectivity index (χ3v) is 5.46. The van der Waals surface area contributed by atoms with Gasteiger partial charge in [-0.2, -0.15) is 0 Å². The van der Waals surface area contributed by atoms with E-state index in [0.717, 1.165) is 56.6 Å². The molecule has 1 aromatic heterocycles. The molecule has 0 radical (unpaired) electrons. The molecule has 1 N–H and O–H groups in total. The number of aromatic amines is 1. The van der Waals surface area contributed by atoms with Crippen molar-refractivity contribution >= 4 is 10.9 Å². The molecule has 0 unspecified atom stereocenters. The lowest BCUT2D eigenvalue weighted by molar-refractivity contribution is 0.0124. The van der Waals surface area contributed by atoms with Gasteiger partial charge < -0.3 is 9.72 Å². The molecule has 128 valence electrons. The zero-order chi connectivity index (χ0) is 16.5. The van der Waals surface area contributed by atoms with Crippen LogP contribution >= 0.6 is 0 Å². The standard InChI is InChI=1S/C20H26N2O2/c1-2-24-18-6-8-22(9-7-18)13-17-11-16-10-14-4-3-5-15(14)12-19(16)21-20(17)23/h10-12,18H,2-9,13H2,1H3,(H,21,23). The van der Waals surface area contributed by atoms with Crippen LogP contribution in [0.15, 0.2) is 23.0 Å². The van der Waals surface area contributed by atoms with Crippen LogP contribution in [0, 0.1) is 0 Å². The van der Waals surface area contributed by atoms with Crippen molar-refractivity contribution in [2.45, 2.75) is 51.7 Å². The molecule has 2 aliphatic rings. The molecule has 4 heteroatoms. The summed E-state index contributed by atoms with van der Waals surface area (Å²) >= 11 is 0. The Morgan fingerprint density at radius 1 is 1.17 bits per heavy atom. The highest BCUT2D eigenvalue weighted by Crippen LogP contribution is 2.26. The van der Waals surface area contributed by atoms with Gasteiger partial charge in [0.05, 0.1) is 6.10 Å². The average Bonchev–Trinajstić information content (AvgIpc) is 3.03. The minimum Gasteiger partial charge on any atom is -0.378 e. The van der Waals surface area contributed by atoms with Gasteiger partial charge in [0.15, 0.2) is 0 Å². The topological polar surface area (TPSA) is 45.3 Å². The van der Waals surface area contributed by atoms with Crippen molar-refractivity contribution in [1.29, 1.82) is 0 Å². The Balaban J connectivity index is 1.53. The quantitative estimate of drug-likeness (QED) is 0.939. The number of ether oxygens (including phenoxy) is 1. The van der Waals surface area contributed by atoms with Gasteiger partial charge in [0, 0.05) is 37.3 Å². The first kappa shape index (κ1) is 15.9. The summed E-state index contributed by atoms with van der Waals surface area (Å²) in [4.78, 5) is 17.9. The summed E-state index contributed by atoms with van der Waals surface area (Å²) in [6, 6.07) is 6.55. The van der Waals surface area contributed by atoms with E-state index in [9.17, 15) is 4.79 Å². The van der Waals surface area contributed by atoms with E-state index in [1.807, 2.05) is 0 Å². The molecule has 1 saturated heterocycles. The van der Waals surface area contributed by atoms with Gasteiger partial charge in [0.25, 0.3) is 5.56 Å².